The topological polar surface area (TPSA) is 21.3 Å². The third-order valence-corrected chi connectivity index (χ3v) is 3.84. The Morgan fingerprint density at radius 1 is 1.42 bits per heavy atom. The zero-order valence-corrected chi connectivity index (χ0v) is 11.9. The highest BCUT2D eigenvalue weighted by Crippen LogP contribution is 2.30. The molecule has 1 saturated carbocycles. The number of ether oxygens (including phenoxy) is 1. The fraction of sp³-hybridized carbons (Fsp3) is 0.625. The summed E-state index contributed by atoms with van der Waals surface area (Å²) in [5.74, 6) is 1.32. The highest BCUT2D eigenvalue weighted by Gasteiger charge is 2.19. The highest BCUT2D eigenvalue weighted by atomic mass is 19.1. The van der Waals surface area contributed by atoms with Crippen LogP contribution in [0.2, 0.25) is 0 Å². The molecule has 2 nitrogen and oxygen atoms in total. The van der Waals surface area contributed by atoms with Crippen molar-refractivity contribution in [2.24, 2.45) is 5.92 Å². The Bertz CT molecular complexity index is 404. The first-order chi connectivity index (χ1) is 9.20. The van der Waals surface area contributed by atoms with E-state index in [0.717, 1.165) is 30.9 Å². The first kappa shape index (κ1) is 14.3. The van der Waals surface area contributed by atoms with E-state index in [1.54, 1.807) is 12.1 Å². The van der Waals surface area contributed by atoms with Gasteiger partial charge in [0.25, 0.3) is 0 Å². The van der Waals surface area contributed by atoms with E-state index in [2.05, 4.69) is 19.2 Å². The molecule has 0 aromatic heterocycles. The maximum absolute atomic E-state index is 13.4. The number of nitrogens with one attached hydrogen (secondary N) is 1. The Morgan fingerprint density at radius 2 is 2.21 bits per heavy atom. The molecule has 1 atom stereocenters. The summed E-state index contributed by atoms with van der Waals surface area (Å²) >= 11 is 0. The van der Waals surface area contributed by atoms with Gasteiger partial charge >= 0.3 is 0 Å². The van der Waals surface area contributed by atoms with Crippen molar-refractivity contribution in [3.8, 4) is 5.75 Å². The summed E-state index contributed by atoms with van der Waals surface area (Å²) in [6, 6.07) is 4.94. The Balaban J connectivity index is 2.02. The minimum Gasteiger partial charge on any atom is -0.493 e. The molecule has 1 aromatic carbocycles. The number of hydrogen-bond acceptors (Lipinski definition) is 2. The van der Waals surface area contributed by atoms with Crippen LogP contribution in [-0.2, 0) is 0 Å². The third kappa shape index (κ3) is 3.93. The molecule has 2 rings (SSSR count). The van der Waals surface area contributed by atoms with Gasteiger partial charge in [-0.05, 0) is 56.8 Å². The van der Waals surface area contributed by atoms with Crippen LogP contribution in [0, 0.1) is 11.7 Å². The molecule has 0 spiro atoms. The number of halogens is 1. The molecule has 0 radical (unpaired) electrons. The van der Waals surface area contributed by atoms with Gasteiger partial charge < -0.3 is 10.1 Å². The summed E-state index contributed by atoms with van der Waals surface area (Å²) in [6.45, 7) is 5.87. The Hall–Kier alpha value is -1.09. The van der Waals surface area contributed by atoms with Gasteiger partial charge in [-0.25, -0.2) is 4.39 Å². The van der Waals surface area contributed by atoms with Crippen LogP contribution in [0.1, 0.15) is 51.1 Å². The van der Waals surface area contributed by atoms with Crippen LogP contribution < -0.4 is 10.1 Å². The minimum absolute atomic E-state index is 0.118. The van der Waals surface area contributed by atoms with Crippen LogP contribution in [0.15, 0.2) is 18.2 Å². The highest BCUT2D eigenvalue weighted by molar-refractivity contribution is 5.36. The fourth-order valence-electron chi connectivity index (χ4n) is 2.33. The number of rotatable bonds is 7. The minimum atomic E-state index is -0.198. The van der Waals surface area contributed by atoms with Crippen molar-refractivity contribution in [3.05, 3.63) is 29.6 Å². The molecule has 1 aliphatic rings. The van der Waals surface area contributed by atoms with Crippen LogP contribution >= 0.6 is 0 Å². The molecule has 19 heavy (non-hydrogen) atoms. The molecule has 0 saturated heterocycles. The molecule has 0 bridgehead atoms. The Kier molecular flexibility index (Phi) is 5.20. The van der Waals surface area contributed by atoms with Crippen LogP contribution in [-0.4, -0.2) is 13.2 Å². The normalized spacial score (nSPS) is 17.0. The zero-order chi connectivity index (χ0) is 13.7. The lowest BCUT2D eigenvalue weighted by Crippen LogP contribution is -2.22. The summed E-state index contributed by atoms with van der Waals surface area (Å²) in [7, 11) is 0. The quantitative estimate of drug-likeness (QED) is 0.802. The smallest absolute Gasteiger partial charge is 0.124 e. The summed E-state index contributed by atoms with van der Waals surface area (Å²) in [6.07, 6.45) is 4.91. The lowest BCUT2D eigenvalue weighted by molar-refractivity contribution is 0.178. The number of hydrogen-bond donors (Lipinski definition) is 1. The first-order valence-corrected chi connectivity index (χ1v) is 7.36. The van der Waals surface area contributed by atoms with Crippen LogP contribution in [0.25, 0.3) is 0 Å². The molecule has 1 aromatic rings. The second-order valence-electron chi connectivity index (χ2n) is 5.47. The van der Waals surface area contributed by atoms with Crippen molar-refractivity contribution in [3.63, 3.8) is 0 Å². The SMILES string of the molecule is CCCNC(C)c1cc(F)ccc1OCC1CCC1. The second-order valence-corrected chi connectivity index (χ2v) is 5.47. The van der Waals surface area contributed by atoms with Gasteiger partial charge in [0.2, 0.25) is 0 Å². The molecule has 0 aliphatic heterocycles. The maximum atomic E-state index is 13.4. The van der Waals surface area contributed by atoms with Crippen molar-refractivity contribution in [1.29, 1.82) is 0 Å². The van der Waals surface area contributed by atoms with Gasteiger partial charge in [0.05, 0.1) is 6.61 Å². The first-order valence-electron chi connectivity index (χ1n) is 7.36. The van der Waals surface area contributed by atoms with Crippen molar-refractivity contribution in [2.45, 2.75) is 45.6 Å². The predicted molar refractivity (Wildman–Crippen MR) is 75.9 cm³/mol. The van der Waals surface area contributed by atoms with E-state index in [1.807, 2.05) is 0 Å². The van der Waals surface area contributed by atoms with Gasteiger partial charge in [-0.2, -0.15) is 0 Å². The average Bonchev–Trinajstić information content (AvgIpc) is 2.35. The molecule has 1 unspecified atom stereocenters. The van der Waals surface area contributed by atoms with Gasteiger partial charge in [0, 0.05) is 11.6 Å². The number of benzene rings is 1. The third-order valence-electron chi connectivity index (χ3n) is 3.84. The van der Waals surface area contributed by atoms with E-state index in [1.165, 1.54) is 25.3 Å². The molecule has 0 amide bonds. The van der Waals surface area contributed by atoms with E-state index < -0.39 is 0 Å². The monoisotopic (exact) mass is 265 g/mol. The lowest BCUT2D eigenvalue weighted by Gasteiger charge is -2.26. The zero-order valence-electron chi connectivity index (χ0n) is 11.9. The predicted octanol–water partition coefficient (Wildman–Crippen LogP) is 4.07. The van der Waals surface area contributed by atoms with E-state index in [4.69, 9.17) is 4.74 Å². The van der Waals surface area contributed by atoms with Crippen LogP contribution in [0.4, 0.5) is 4.39 Å². The van der Waals surface area contributed by atoms with E-state index in [9.17, 15) is 4.39 Å². The van der Waals surface area contributed by atoms with Gasteiger partial charge in [0.15, 0.2) is 0 Å². The molecule has 1 fully saturated rings. The van der Waals surface area contributed by atoms with Gasteiger partial charge in [-0.3, -0.25) is 0 Å². The van der Waals surface area contributed by atoms with Crippen molar-refractivity contribution < 1.29 is 9.13 Å². The molecule has 1 N–H and O–H groups in total. The van der Waals surface area contributed by atoms with Gasteiger partial charge in [-0.15, -0.1) is 0 Å². The second kappa shape index (κ2) is 6.90. The van der Waals surface area contributed by atoms with Gasteiger partial charge in [-0.1, -0.05) is 13.3 Å². The maximum Gasteiger partial charge on any atom is 0.124 e. The van der Waals surface area contributed by atoms with E-state index in [-0.39, 0.29) is 11.9 Å². The standard InChI is InChI=1S/C16H24FNO/c1-3-9-18-12(2)15-10-14(17)7-8-16(15)19-11-13-5-4-6-13/h7-8,10,12-13,18H,3-6,9,11H2,1-2H3. The largest absolute Gasteiger partial charge is 0.493 e. The van der Waals surface area contributed by atoms with Crippen LogP contribution in [0.5, 0.6) is 5.75 Å². The summed E-state index contributed by atoms with van der Waals surface area (Å²) in [5, 5.41) is 3.39. The molecule has 3 heteroatoms. The summed E-state index contributed by atoms with van der Waals surface area (Å²) in [4.78, 5) is 0. The molecular formula is C16H24FNO. The van der Waals surface area contributed by atoms with Crippen molar-refractivity contribution in [2.75, 3.05) is 13.2 Å². The van der Waals surface area contributed by atoms with E-state index in [0.29, 0.717) is 5.92 Å². The molecular weight excluding hydrogens is 241 g/mol. The van der Waals surface area contributed by atoms with Gasteiger partial charge in [0.1, 0.15) is 11.6 Å². The van der Waals surface area contributed by atoms with E-state index >= 15 is 0 Å². The Labute approximate surface area is 115 Å². The summed E-state index contributed by atoms with van der Waals surface area (Å²) < 4.78 is 19.3. The average molecular weight is 265 g/mol. The molecule has 1 aliphatic carbocycles. The lowest BCUT2D eigenvalue weighted by atomic mass is 9.86. The van der Waals surface area contributed by atoms with Crippen molar-refractivity contribution in [1.82, 2.24) is 5.32 Å². The summed E-state index contributed by atoms with van der Waals surface area (Å²) in [5.41, 5.74) is 0.924. The van der Waals surface area contributed by atoms with Crippen molar-refractivity contribution >= 4 is 0 Å². The fourth-order valence-corrected chi connectivity index (χ4v) is 2.33. The van der Waals surface area contributed by atoms with Crippen LogP contribution in [0.3, 0.4) is 0 Å². The Morgan fingerprint density at radius 3 is 2.84 bits per heavy atom. The molecule has 0 heterocycles. The molecule has 106 valence electrons.